The third-order valence-corrected chi connectivity index (χ3v) is 7.80. The number of carbonyl (C=O) groups is 1. The Morgan fingerprint density at radius 2 is 1.68 bits per heavy atom. The average Bonchev–Trinajstić information content (AvgIpc) is 3.37. The van der Waals surface area contributed by atoms with Crippen LogP contribution in [-0.4, -0.2) is 33.5 Å². The van der Waals surface area contributed by atoms with E-state index >= 15 is 0 Å². The fourth-order valence-corrected chi connectivity index (χ4v) is 5.75. The lowest BCUT2D eigenvalue weighted by Gasteiger charge is -2.25. The first-order valence-electron chi connectivity index (χ1n) is 12.5. The minimum absolute atomic E-state index is 0.155. The van der Waals surface area contributed by atoms with Gasteiger partial charge in [0.25, 0.3) is 0 Å². The van der Waals surface area contributed by atoms with E-state index in [1.54, 1.807) is 25.3 Å². The Hall–Kier alpha value is -3.29. The molecule has 1 saturated carbocycles. The first-order chi connectivity index (χ1) is 18.1. The molecule has 0 atom stereocenters. The van der Waals surface area contributed by atoms with Crippen molar-refractivity contribution in [1.29, 1.82) is 0 Å². The molecule has 1 heterocycles. The molecule has 1 N–H and O–H groups in total. The number of aromatic nitrogens is 3. The third kappa shape index (κ3) is 6.00. The summed E-state index contributed by atoms with van der Waals surface area (Å²) in [4.78, 5) is 12.8. The van der Waals surface area contributed by atoms with Gasteiger partial charge in [-0.1, -0.05) is 97.2 Å². The Bertz CT molecular complexity index is 1350. The number of methoxy groups -OCH3 is 1. The number of anilines is 1. The summed E-state index contributed by atoms with van der Waals surface area (Å²) in [5, 5.41) is 13.3. The maximum absolute atomic E-state index is 12.8. The first-order valence-corrected chi connectivity index (χ1v) is 13.9. The van der Waals surface area contributed by atoms with Crippen molar-refractivity contribution < 1.29 is 9.53 Å². The zero-order valence-corrected chi connectivity index (χ0v) is 22.3. The second-order valence-corrected chi connectivity index (χ2v) is 10.5. The average molecular weight is 533 g/mol. The fraction of sp³-hybridized carbons (Fsp3) is 0.276. The number of hydrogen-bond donors (Lipinski definition) is 1. The second kappa shape index (κ2) is 11.8. The Morgan fingerprint density at radius 3 is 2.41 bits per heavy atom. The van der Waals surface area contributed by atoms with E-state index in [1.165, 1.54) is 36.6 Å². The van der Waals surface area contributed by atoms with Gasteiger partial charge in [-0.05, 0) is 42.2 Å². The molecule has 1 aliphatic rings. The molecule has 6 nitrogen and oxygen atoms in total. The standard InChI is InChI=1S/C29H29ClN4O2S/c1-36-26-17-16-23(30)18-25(26)31-27(35)19-37-29-33-32-28(34(29)24-10-6-3-7-11-24)22-14-12-21(13-15-22)20-8-4-2-5-9-20/h2,4-5,8-9,12-18,24H,3,6-7,10-11,19H2,1H3,(H,31,35). The first kappa shape index (κ1) is 25.4. The van der Waals surface area contributed by atoms with Crippen LogP contribution in [-0.2, 0) is 4.79 Å². The molecule has 1 aromatic heterocycles. The van der Waals surface area contributed by atoms with Crippen LogP contribution in [0.25, 0.3) is 22.5 Å². The van der Waals surface area contributed by atoms with Gasteiger partial charge >= 0.3 is 0 Å². The monoisotopic (exact) mass is 532 g/mol. The smallest absolute Gasteiger partial charge is 0.234 e. The van der Waals surface area contributed by atoms with Crippen molar-refractivity contribution >= 4 is 35.0 Å². The van der Waals surface area contributed by atoms with Gasteiger partial charge in [0.15, 0.2) is 11.0 Å². The number of halogens is 1. The van der Waals surface area contributed by atoms with Crippen LogP contribution in [0.5, 0.6) is 5.75 Å². The lowest BCUT2D eigenvalue weighted by molar-refractivity contribution is -0.113. The molecule has 37 heavy (non-hydrogen) atoms. The van der Waals surface area contributed by atoms with Crippen LogP contribution in [0.4, 0.5) is 5.69 Å². The summed E-state index contributed by atoms with van der Waals surface area (Å²) in [7, 11) is 1.56. The normalized spacial score (nSPS) is 13.9. The summed E-state index contributed by atoms with van der Waals surface area (Å²) in [5.74, 6) is 1.46. The van der Waals surface area contributed by atoms with Crippen molar-refractivity contribution in [3.8, 4) is 28.3 Å². The Morgan fingerprint density at radius 1 is 0.973 bits per heavy atom. The lowest BCUT2D eigenvalue weighted by Crippen LogP contribution is -2.17. The zero-order valence-electron chi connectivity index (χ0n) is 20.7. The van der Waals surface area contributed by atoms with E-state index in [0.717, 1.165) is 34.9 Å². The van der Waals surface area contributed by atoms with E-state index < -0.39 is 0 Å². The van der Waals surface area contributed by atoms with Crippen LogP contribution >= 0.6 is 23.4 Å². The highest BCUT2D eigenvalue weighted by atomic mass is 35.5. The number of hydrogen-bond acceptors (Lipinski definition) is 5. The number of thioether (sulfide) groups is 1. The SMILES string of the molecule is COc1ccc(Cl)cc1NC(=O)CSc1nnc(-c2ccc(-c3ccccc3)cc2)n1C1CCCCC1. The highest BCUT2D eigenvalue weighted by molar-refractivity contribution is 7.99. The molecule has 0 bridgehead atoms. The number of rotatable bonds is 8. The molecule has 1 amide bonds. The van der Waals surface area contributed by atoms with Gasteiger partial charge in [0.1, 0.15) is 5.75 Å². The summed E-state index contributed by atoms with van der Waals surface area (Å²) in [6.07, 6.45) is 5.81. The maximum atomic E-state index is 12.8. The van der Waals surface area contributed by atoms with E-state index in [9.17, 15) is 4.79 Å². The van der Waals surface area contributed by atoms with E-state index in [0.29, 0.717) is 22.5 Å². The topological polar surface area (TPSA) is 69.0 Å². The van der Waals surface area contributed by atoms with Crippen molar-refractivity contribution in [2.45, 2.75) is 43.3 Å². The summed E-state index contributed by atoms with van der Waals surface area (Å²) in [6.45, 7) is 0. The number of amides is 1. The summed E-state index contributed by atoms with van der Waals surface area (Å²) in [5.41, 5.74) is 3.92. The molecule has 5 rings (SSSR count). The van der Waals surface area contributed by atoms with E-state index in [4.69, 9.17) is 16.3 Å². The minimum Gasteiger partial charge on any atom is -0.495 e. The quantitative estimate of drug-likeness (QED) is 0.238. The summed E-state index contributed by atoms with van der Waals surface area (Å²) in [6, 6.07) is 24.3. The molecule has 0 radical (unpaired) electrons. The van der Waals surface area contributed by atoms with Gasteiger partial charge in [-0.3, -0.25) is 9.36 Å². The third-order valence-electron chi connectivity index (χ3n) is 6.62. The molecule has 1 fully saturated rings. The second-order valence-electron chi connectivity index (χ2n) is 9.09. The summed E-state index contributed by atoms with van der Waals surface area (Å²) < 4.78 is 7.59. The maximum Gasteiger partial charge on any atom is 0.234 e. The zero-order chi connectivity index (χ0) is 25.6. The molecule has 0 unspecified atom stereocenters. The van der Waals surface area contributed by atoms with Crippen LogP contribution in [0.2, 0.25) is 5.02 Å². The predicted molar refractivity (Wildman–Crippen MR) is 150 cm³/mol. The van der Waals surface area contributed by atoms with E-state index in [1.807, 2.05) is 18.2 Å². The number of nitrogens with one attached hydrogen (secondary N) is 1. The van der Waals surface area contributed by atoms with Gasteiger partial charge in [-0.25, -0.2) is 0 Å². The molecule has 0 aliphatic heterocycles. The van der Waals surface area contributed by atoms with Crippen molar-refractivity contribution in [3.05, 3.63) is 77.8 Å². The van der Waals surface area contributed by atoms with Crippen molar-refractivity contribution in [1.82, 2.24) is 14.8 Å². The lowest BCUT2D eigenvalue weighted by atomic mass is 9.95. The predicted octanol–water partition coefficient (Wildman–Crippen LogP) is 7.51. The van der Waals surface area contributed by atoms with Crippen LogP contribution in [0.1, 0.15) is 38.1 Å². The van der Waals surface area contributed by atoms with E-state index in [2.05, 4.69) is 56.5 Å². The molecule has 0 saturated heterocycles. The molecule has 1 aliphatic carbocycles. The van der Waals surface area contributed by atoms with Crippen molar-refractivity contribution in [2.24, 2.45) is 0 Å². The van der Waals surface area contributed by atoms with Gasteiger partial charge in [0, 0.05) is 16.6 Å². The Kier molecular flexibility index (Phi) is 8.12. The van der Waals surface area contributed by atoms with Gasteiger partial charge in [-0.15, -0.1) is 10.2 Å². The Balaban J connectivity index is 1.37. The highest BCUT2D eigenvalue weighted by Crippen LogP contribution is 2.36. The molecule has 0 spiro atoms. The summed E-state index contributed by atoms with van der Waals surface area (Å²) >= 11 is 7.51. The van der Waals surface area contributed by atoms with E-state index in [-0.39, 0.29) is 11.7 Å². The van der Waals surface area contributed by atoms with Crippen LogP contribution < -0.4 is 10.1 Å². The van der Waals surface area contributed by atoms with Crippen LogP contribution in [0.3, 0.4) is 0 Å². The number of carbonyl (C=O) groups excluding carboxylic acids is 1. The molecule has 190 valence electrons. The fourth-order valence-electron chi connectivity index (χ4n) is 4.78. The minimum atomic E-state index is -0.155. The van der Waals surface area contributed by atoms with Crippen LogP contribution in [0.15, 0.2) is 78.0 Å². The molecular weight excluding hydrogens is 504 g/mol. The van der Waals surface area contributed by atoms with Crippen LogP contribution in [0, 0.1) is 0 Å². The van der Waals surface area contributed by atoms with Gasteiger partial charge in [0.05, 0.1) is 18.6 Å². The Labute approximate surface area is 226 Å². The van der Waals surface area contributed by atoms with Gasteiger partial charge < -0.3 is 10.1 Å². The number of ether oxygens (including phenoxy) is 1. The van der Waals surface area contributed by atoms with Gasteiger partial charge in [0.2, 0.25) is 5.91 Å². The number of benzene rings is 3. The molecular formula is C29H29ClN4O2S. The largest absolute Gasteiger partial charge is 0.495 e. The highest BCUT2D eigenvalue weighted by Gasteiger charge is 2.24. The molecule has 8 heteroatoms. The number of nitrogens with zero attached hydrogens (tertiary/aromatic N) is 3. The van der Waals surface area contributed by atoms with Crippen molar-refractivity contribution in [2.75, 3.05) is 18.2 Å². The molecule has 4 aromatic rings. The van der Waals surface area contributed by atoms with Crippen molar-refractivity contribution in [3.63, 3.8) is 0 Å². The van der Waals surface area contributed by atoms with Gasteiger partial charge in [-0.2, -0.15) is 0 Å². The molecule has 3 aromatic carbocycles.